The van der Waals surface area contributed by atoms with E-state index < -0.39 is 8.07 Å². The van der Waals surface area contributed by atoms with Crippen LogP contribution in [0.1, 0.15) is 0 Å². The SMILES string of the molecule is C[Si](C)(c1cccnc1)c1cccnc1. The highest BCUT2D eigenvalue weighted by Crippen LogP contribution is 2.02. The molecular formula is C12H14N2Si. The molecule has 2 nitrogen and oxygen atoms in total. The molecule has 2 heterocycles. The summed E-state index contributed by atoms with van der Waals surface area (Å²) in [5.41, 5.74) is 0. The van der Waals surface area contributed by atoms with Crippen molar-refractivity contribution in [3.05, 3.63) is 49.1 Å². The Labute approximate surface area is 91.0 Å². The van der Waals surface area contributed by atoms with E-state index in [2.05, 4.69) is 35.2 Å². The highest BCUT2D eigenvalue weighted by atomic mass is 28.3. The van der Waals surface area contributed by atoms with Crippen LogP contribution < -0.4 is 10.4 Å². The van der Waals surface area contributed by atoms with Gasteiger partial charge in [-0.25, -0.2) is 0 Å². The third-order valence-electron chi connectivity index (χ3n) is 2.77. The Morgan fingerprint density at radius 1 is 0.867 bits per heavy atom. The van der Waals surface area contributed by atoms with Gasteiger partial charge in [-0.1, -0.05) is 25.2 Å². The second kappa shape index (κ2) is 3.94. The topological polar surface area (TPSA) is 25.8 Å². The second-order valence-electron chi connectivity index (χ2n) is 4.11. The molecule has 0 amide bonds. The lowest BCUT2D eigenvalue weighted by atomic mass is 10.5. The summed E-state index contributed by atoms with van der Waals surface area (Å²) in [7, 11) is -1.58. The van der Waals surface area contributed by atoms with Crippen LogP contribution in [0.4, 0.5) is 0 Å². The Balaban J connectivity index is 2.44. The summed E-state index contributed by atoms with van der Waals surface area (Å²) in [6.45, 7) is 4.64. The summed E-state index contributed by atoms with van der Waals surface area (Å²) in [4.78, 5) is 8.38. The monoisotopic (exact) mass is 214 g/mol. The van der Waals surface area contributed by atoms with Gasteiger partial charge in [-0.05, 0) is 22.5 Å². The highest BCUT2D eigenvalue weighted by molar-refractivity contribution is 7.00. The molecule has 0 aliphatic carbocycles. The van der Waals surface area contributed by atoms with Gasteiger partial charge in [-0.2, -0.15) is 0 Å². The van der Waals surface area contributed by atoms with Gasteiger partial charge in [0.2, 0.25) is 0 Å². The van der Waals surface area contributed by atoms with Crippen LogP contribution in [-0.4, -0.2) is 18.0 Å². The van der Waals surface area contributed by atoms with E-state index in [-0.39, 0.29) is 0 Å². The molecule has 0 saturated carbocycles. The molecule has 0 spiro atoms. The van der Waals surface area contributed by atoms with Crippen LogP contribution in [0.2, 0.25) is 13.1 Å². The van der Waals surface area contributed by atoms with Crippen molar-refractivity contribution >= 4 is 18.4 Å². The summed E-state index contributed by atoms with van der Waals surface area (Å²) in [6, 6.07) is 8.32. The van der Waals surface area contributed by atoms with E-state index in [1.54, 1.807) is 0 Å². The van der Waals surface area contributed by atoms with Crippen molar-refractivity contribution in [2.24, 2.45) is 0 Å². The zero-order valence-corrected chi connectivity index (χ0v) is 10.0. The van der Waals surface area contributed by atoms with Crippen molar-refractivity contribution in [3.63, 3.8) is 0 Å². The van der Waals surface area contributed by atoms with Crippen molar-refractivity contribution in [3.8, 4) is 0 Å². The normalized spacial score (nSPS) is 11.3. The first-order chi connectivity index (χ1) is 7.21. The van der Waals surface area contributed by atoms with Gasteiger partial charge >= 0.3 is 0 Å². The third kappa shape index (κ3) is 1.97. The maximum Gasteiger partial charge on any atom is 0.116 e. The minimum Gasteiger partial charge on any atom is -0.265 e. The van der Waals surface area contributed by atoms with Gasteiger partial charge in [0.05, 0.1) is 0 Å². The van der Waals surface area contributed by atoms with Crippen LogP contribution in [0.25, 0.3) is 0 Å². The fourth-order valence-corrected chi connectivity index (χ4v) is 3.79. The van der Waals surface area contributed by atoms with E-state index in [9.17, 15) is 0 Å². The Morgan fingerprint density at radius 2 is 1.33 bits per heavy atom. The molecule has 0 N–H and O–H groups in total. The number of hydrogen-bond acceptors (Lipinski definition) is 2. The number of aromatic nitrogens is 2. The molecule has 15 heavy (non-hydrogen) atoms. The third-order valence-corrected chi connectivity index (χ3v) is 6.24. The molecule has 3 heteroatoms. The molecule has 0 radical (unpaired) electrons. The van der Waals surface area contributed by atoms with Crippen LogP contribution in [0.5, 0.6) is 0 Å². The number of pyridine rings is 2. The van der Waals surface area contributed by atoms with Gasteiger partial charge < -0.3 is 0 Å². The Hall–Kier alpha value is -1.48. The second-order valence-corrected chi connectivity index (χ2v) is 8.51. The van der Waals surface area contributed by atoms with Gasteiger partial charge in [0.1, 0.15) is 8.07 Å². The lowest BCUT2D eigenvalue weighted by molar-refractivity contribution is 1.33. The van der Waals surface area contributed by atoms with E-state index >= 15 is 0 Å². The molecule has 0 atom stereocenters. The van der Waals surface area contributed by atoms with Gasteiger partial charge in [0.25, 0.3) is 0 Å². The van der Waals surface area contributed by atoms with E-state index in [4.69, 9.17) is 0 Å². The Morgan fingerprint density at radius 3 is 1.67 bits per heavy atom. The van der Waals surface area contributed by atoms with E-state index in [1.165, 1.54) is 10.4 Å². The number of nitrogens with zero attached hydrogens (tertiary/aromatic N) is 2. The van der Waals surface area contributed by atoms with Crippen LogP contribution in [0.3, 0.4) is 0 Å². The molecule has 2 rings (SSSR count). The minimum atomic E-state index is -1.58. The largest absolute Gasteiger partial charge is 0.265 e. The van der Waals surface area contributed by atoms with Gasteiger partial charge in [0, 0.05) is 24.8 Å². The fourth-order valence-electron chi connectivity index (χ4n) is 1.63. The molecular weight excluding hydrogens is 200 g/mol. The van der Waals surface area contributed by atoms with Crippen LogP contribution in [0.15, 0.2) is 49.1 Å². The summed E-state index contributed by atoms with van der Waals surface area (Å²) >= 11 is 0. The molecule has 2 aromatic heterocycles. The first-order valence-electron chi connectivity index (χ1n) is 5.02. The van der Waals surface area contributed by atoms with Crippen molar-refractivity contribution < 1.29 is 0 Å². The van der Waals surface area contributed by atoms with Crippen LogP contribution in [-0.2, 0) is 0 Å². The Bertz CT molecular complexity index is 384. The van der Waals surface area contributed by atoms with E-state index in [1.807, 2.05) is 36.9 Å². The zero-order valence-electron chi connectivity index (χ0n) is 9.01. The Kier molecular flexibility index (Phi) is 2.64. The van der Waals surface area contributed by atoms with Crippen LogP contribution >= 0.6 is 0 Å². The summed E-state index contributed by atoms with van der Waals surface area (Å²) in [5.74, 6) is 0. The van der Waals surface area contributed by atoms with E-state index in [0.717, 1.165) is 0 Å². The summed E-state index contributed by atoms with van der Waals surface area (Å²) in [5, 5.41) is 2.69. The molecule has 0 fully saturated rings. The standard InChI is InChI=1S/C12H14N2Si/c1-15(2,11-5-3-7-13-9-11)12-6-4-8-14-10-12/h3-10H,1-2H3. The summed E-state index contributed by atoms with van der Waals surface area (Å²) < 4.78 is 0. The van der Waals surface area contributed by atoms with Crippen molar-refractivity contribution in [2.75, 3.05) is 0 Å². The van der Waals surface area contributed by atoms with Gasteiger partial charge in [-0.15, -0.1) is 0 Å². The van der Waals surface area contributed by atoms with Crippen molar-refractivity contribution in [1.29, 1.82) is 0 Å². The molecule has 2 aromatic rings. The lowest BCUT2D eigenvalue weighted by Gasteiger charge is -2.22. The van der Waals surface area contributed by atoms with Crippen LogP contribution in [0, 0.1) is 0 Å². The number of hydrogen-bond donors (Lipinski definition) is 0. The average molecular weight is 214 g/mol. The lowest BCUT2D eigenvalue weighted by Crippen LogP contribution is -2.53. The maximum absolute atomic E-state index is 4.19. The molecule has 0 bridgehead atoms. The molecule has 0 aliphatic heterocycles. The average Bonchev–Trinajstić information content (AvgIpc) is 2.31. The quantitative estimate of drug-likeness (QED) is 0.704. The predicted molar refractivity (Wildman–Crippen MR) is 65.2 cm³/mol. The molecule has 0 unspecified atom stereocenters. The fraction of sp³-hybridized carbons (Fsp3) is 0.167. The molecule has 0 aliphatic rings. The van der Waals surface area contributed by atoms with E-state index in [0.29, 0.717) is 0 Å². The first-order valence-corrected chi connectivity index (χ1v) is 8.02. The predicted octanol–water partition coefficient (Wildman–Crippen LogP) is 1.30. The minimum absolute atomic E-state index is 1.35. The van der Waals surface area contributed by atoms with Gasteiger partial charge in [0.15, 0.2) is 0 Å². The molecule has 76 valence electrons. The van der Waals surface area contributed by atoms with Gasteiger partial charge in [-0.3, -0.25) is 9.97 Å². The first kappa shape index (κ1) is 10.0. The highest BCUT2D eigenvalue weighted by Gasteiger charge is 2.25. The molecule has 0 saturated heterocycles. The smallest absolute Gasteiger partial charge is 0.116 e. The summed E-state index contributed by atoms with van der Waals surface area (Å²) in [6.07, 6.45) is 7.58. The van der Waals surface area contributed by atoms with Crippen molar-refractivity contribution in [1.82, 2.24) is 9.97 Å². The zero-order chi connectivity index (χ0) is 10.7. The maximum atomic E-state index is 4.19. The van der Waals surface area contributed by atoms with Crippen molar-refractivity contribution in [2.45, 2.75) is 13.1 Å². The molecule has 0 aromatic carbocycles. The number of rotatable bonds is 2.